The summed E-state index contributed by atoms with van der Waals surface area (Å²) in [7, 11) is 0. The topological polar surface area (TPSA) is 61.8 Å². The maximum Gasteiger partial charge on any atom is 0.140 e. The molecule has 31 heavy (non-hydrogen) atoms. The predicted octanol–water partition coefficient (Wildman–Crippen LogP) is 5.32. The van der Waals surface area contributed by atoms with Crippen molar-refractivity contribution < 1.29 is 9.50 Å². The van der Waals surface area contributed by atoms with E-state index < -0.39 is 11.0 Å². The Kier molecular flexibility index (Phi) is 4.91. The molecule has 1 N–H and O–H groups in total. The summed E-state index contributed by atoms with van der Waals surface area (Å²) in [5, 5.41) is 21.5. The van der Waals surface area contributed by atoms with Gasteiger partial charge in [0.05, 0.1) is 17.2 Å². The normalized spacial score (nSPS) is 25.8. The molecule has 0 saturated heterocycles. The Bertz CT molecular complexity index is 1100. The van der Waals surface area contributed by atoms with Crippen LogP contribution < -0.4 is 0 Å². The van der Waals surface area contributed by atoms with Crippen molar-refractivity contribution in [2.45, 2.75) is 56.1 Å². The predicted molar refractivity (Wildman–Crippen MR) is 116 cm³/mol. The van der Waals surface area contributed by atoms with E-state index in [4.69, 9.17) is 4.98 Å². The van der Waals surface area contributed by atoms with Crippen LogP contribution in [0.4, 0.5) is 4.39 Å². The fraction of sp³-hybridized carbons (Fsp3) is 0.385. The second-order valence-electron chi connectivity index (χ2n) is 9.14. The first kappa shape index (κ1) is 20.0. The highest BCUT2D eigenvalue weighted by molar-refractivity contribution is 5.56. The van der Waals surface area contributed by atoms with Gasteiger partial charge in [-0.2, -0.15) is 5.26 Å². The molecule has 2 aliphatic rings. The second-order valence-corrected chi connectivity index (χ2v) is 9.14. The van der Waals surface area contributed by atoms with Crippen LogP contribution in [-0.4, -0.2) is 14.7 Å². The van der Waals surface area contributed by atoms with Crippen molar-refractivity contribution in [3.8, 4) is 17.5 Å². The van der Waals surface area contributed by atoms with Gasteiger partial charge in [-0.1, -0.05) is 42.5 Å². The number of nitriles is 1. The molecule has 2 saturated carbocycles. The third kappa shape index (κ3) is 3.77. The van der Waals surface area contributed by atoms with E-state index in [1.807, 2.05) is 24.4 Å². The largest absolute Gasteiger partial charge is 0.383 e. The first-order chi connectivity index (χ1) is 15.0. The number of aliphatic hydroxyl groups is 1. The van der Waals surface area contributed by atoms with E-state index in [0.717, 1.165) is 23.5 Å². The van der Waals surface area contributed by atoms with Crippen LogP contribution in [0.15, 0.2) is 60.8 Å². The van der Waals surface area contributed by atoms with Gasteiger partial charge in [0.2, 0.25) is 0 Å². The van der Waals surface area contributed by atoms with Gasteiger partial charge in [0.1, 0.15) is 17.2 Å². The molecule has 158 valence electrons. The van der Waals surface area contributed by atoms with E-state index in [1.54, 1.807) is 12.1 Å². The van der Waals surface area contributed by atoms with Gasteiger partial charge in [-0.3, -0.25) is 0 Å². The summed E-state index contributed by atoms with van der Waals surface area (Å²) in [5.74, 6) is 1.28. The van der Waals surface area contributed by atoms with Crippen LogP contribution in [-0.2, 0) is 17.6 Å². The summed E-state index contributed by atoms with van der Waals surface area (Å²) in [6.07, 6.45) is 6.43. The lowest BCUT2D eigenvalue weighted by Crippen LogP contribution is -2.39. The number of aromatic nitrogens is 2. The van der Waals surface area contributed by atoms with Gasteiger partial charge in [0.15, 0.2) is 0 Å². The standard InChI is InChI=1S/C26H26FN3O/c27-22-10-8-21(9-11-22)25(18-28)12-14-26(31,15-13-25)23-17-30(16-19-6-7-19)24(29-23)20-4-2-1-3-5-20/h1-5,8-11,17,19,31H,6-7,12-16H2/t25-,26+. The fourth-order valence-corrected chi connectivity index (χ4v) is 4.76. The molecule has 2 aliphatic carbocycles. The van der Waals surface area contributed by atoms with Crippen molar-refractivity contribution >= 4 is 0 Å². The Labute approximate surface area is 182 Å². The zero-order valence-electron chi connectivity index (χ0n) is 17.5. The Morgan fingerprint density at radius 2 is 1.71 bits per heavy atom. The van der Waals surface area contributed by atoms with Crippen LogP contribution in [0.25, 0.3) is 11.4 Å². The molecule has 0 bridgehead atoms. The van der Waals surface area contributed by atoms with Crippen LogP contribution in [0.3, 0.4) is 0 Å². The van der Waals surface area contributed by atoms with Gasteiger partial charge in [-0.15, -0.1) is 0 Å². The maximum atomic E-state index is 13.4. The van der Waals surface area contributed by atoms with Crippen molar-refractivity contribution in [1.82, 2.24) is 9.55 Å². The number of halogens is 1. The lowest BCUT2D eigenvalue weighted by molar-refractivity contribution is -0.0172. The molecule has 0 aliphatic heterocycles. The monoisotopic (exact) mass is 415 g/mol. The van der Waals surface area contributed by atoms with E-state index in [1.165, 1.54) is 25.0 Å². The van der Waals surface area contributed by atoms with Gasteiger partial charge < -0.3 is 9.67 Å². The average molecular weight is 416 g/mol. The minimum Gasteiger partial charge on any atom is -0.383 e. The first-order valence-corrected chi connectivity index (χ1v) is 11.0. The van der Waals surface area contributed by atoms with Gasteiger partial charge >= 0.3 is 0 Å². The van der Waals surface area contributed by atoms with Gasteiger partial charge in [-0.25, -0.2) is 9.37 Å². The summed E-state index contributed by atoms with van der Waals surface area (Å²) in [5.41, 5.74) is 0.809. The number of benzene rings is 2. The van der Waals surface area contributed by atoms with Crippen LogP contribution in [0.5, 0.6) is 0 Å². The van der Waals surface area contributed by atoms with Crippen molar-refractivity contribution in [3.63, 3.8) is 0 Å². The molecule has 0 amide bonds. The highest BCUT2D eigenvalue weighted by atomic mass is 19.1. The summed E-state index contributed by atoms with van der Waals surface area (Å²) >= 11 is 0. The summed E-state index contributed by atoms with van der Waals surface area (Å²) in [6, 6.07) is 18.8. The summed E-state index contributed by atoms with van der Waals surface area (Å²) < 4.78 is 15.6. The highest BCUT2D eigenvalue weighted by Gasteiger charge is 2.45. The average Bonchev–Trinajstić information content (AvgIpc) is 3.52. The molecule has 1 heterocycles. The molecular weight excluding hydrogens is 389 g/mol. The summed E-state index contributed by atoms with van der Waals surface area (Å²) in [4.78, 5) is 4.90. The molecule has 5 heteroatoms. The van der Waals surface area contributed by atoms with Gasteiger partial charge in [-0.05, 0) is 62.1 Å². The molecular formula is C26H26FN3O. The minimum absolute atomic E-state index is 0.307. The van der Waals surface area contributed by atoms with Crippen molar-refractivity contribution in [2.24, 2.45) is 5.92 Å². The maximum absolute atomic E-state index is 13.4. The number of imidazole rings is 1. The Balaban J connectivity index is 1.43. The zero-order valence-corrected chi connectivity index (χ0v) is 17.5. The first-order valence-electron chi connectivity index (χ1n) is 11.0. The molecule has 5 rings (SSSR count). The van der Waals surface area contributed by atoms with Crippen LogP contribution in [0.2, 0.25) is 0 Å². The van der Waals surface area contributed by atoms with Crippen molar-refractivity contribution in [2.75, 3.05) is 0 Å². The molecule has 4 nitrogen and oxygen atoms in total. The molecule has 0 unspecified atom stereocenters. The van der Waals surface area contributed by atoms with Gasteiger partial charge in [0, 0.05) is 18.3 Å². The molecule has 0 radical (unpaired) electrons. The number of hydrogen-bond acceptors (Lipinski definition) is 3. The van der Waals surface area contributed by atoms with Crippen LogP contribution >= 0.6 is 0 Å². The molecule has 0 spiro atoms. The minimum atomic E-state index is -1.06. The number of nitrogens with zero attached hydrogens (tertiary/aromatic N) is 3. The smallest absolute Gasteiger partial charge is 0.140 e. The SMILES string of the molecule is N#C[C@]1(c2ccc(F)cc2)CC[C@](O)(c2cn(CC3CC3)c(-c3ccccc3)n2)CC1. The van der Waals surface area contributed by atoms with Crippen molar-refractivity contribution in [3.05, 3.63) is 77.9 Å². The Morgan fingerprint density at radius 1 is 1.03 bits per heavy atom. The van der Waals surface area contributed by atoms with E-state index >= 15 is 0 Å². The van der Waals surface area contributed by atoms with Crippen LogP contribution in [0, 0.1) is 23.1 Å². The molecule has 1 aromatic heterocycles. The van der Waals surface area contributed by atoms with E-state index in [9.17, 15) is 14.8 Å². The van der Waals surface area contributed by atoms with Crippen LogP contribution in [0.1, 0.15) is 49.8 Å². The highest BCUT2D eigenvalue weighted by Crippen LogP contribution is 2.47. The fourth-order valence-electron chi connectivity index (χ4n) is 4.76. The lowest BCUT2D eigenvalue weighted by atomic mass is 9.65. The Hall–Kier alpha value is -2.97. The van der Waals surface area contributed by atoms with E-state index in [2.05, 4.69) is 22.8 Å². The third-order valence-corrected chi connectivity index (χ3v) is 6.98. The van der Waals surface area contributed by atoms with Gasteiger partial charge in [0.25, 0.3) is 0 Å². The van der Waals surface area contributed by atoms with E-state index in [0.29, 0.717) is 37.3 Å². The second kappa shape index (κ2) is 7.62. The Morgan fingerprint density at radius 3 is 2.32 bits per heavy atom. The third-order valence-electron chi connectivity index (χ3n) is 6.98. The molecule has 2 aromatic carbocycles. The summed E-state index contributed by atoms with van der Waals surface area (Å²) in [6.45, 7) is 0.922. The molecule has 2 fully saturated rings. The van der Waals surface area contributed by atoms with E-state index in [-0.39, 0.29) is 5.82 Å². The number of hydrogen-bond donors (Lipinski definition) is 1. The number of rotatable bonds is 5. The zero-order chi connectivity index (χ0) is 21.5. The molecule has 3 aromatic rings. The lowest BCUT2D eigenvalue weighted by Gasteiger charge is -2.39. The molecule has 0 atom stereocenters. The van der Waals surface area contributed by atoms with Crippen molar-refractivity contribution in [1.29, 1.82) is 5.26 Å². The quantitative estimate of drug-likeness (QED) is 0.613.